The van der Waals surface area contributed by atoms with Gasteiger partial charge < -0.3 is 14.5 Å². The number of carbonyl (C=O) groups is 1. The number of esters is 1. The van der Waals surface area contributed by atoms with Gasteiger partial charge in [-0.2, -0.15) is 5.10 Å². The average Bonchev–Trinajstić information content (AvgIpc) is 2.66. The van der Waals surface area contributed by atoms with Crippen LogP contribution in [0.25, 0.3) is 10.9 Å². The van der Waals surface area contributed by atoms with Crippen LogP contribution in [0.5, 0.6) is 5.75 Å². The summed E-state index contributed by atoms with van der Waals surface area (Å²) < 4.78 is 11.4. The third-order valence-corrected chi connectivity index (χ3v) is 4.13. The van der Waals surface area contributed by atoms with Crippen molar-refractivity contribution in [1.29, 1.82) is 0 Å². The Bertz CT molecular complexity index is 1150. The second kappa shape index (κ2) is 8.00. The molecule has 0 fully saturated rings. The molecule has 0 radical (unpaired) electrons. The van der Waals surface area contributed by atoms with E-state index < -0.39 is 17.2 Å². The van der Waals surface area contributed by atoms with Crippen molar-refractivity contribution in [1.82, 2.24) is 9.66 Å². The van der Waals surface area contributed by atoms with Crippen LogP contribution in [0, 0.1) is 0 Å². The molecule has 2 aromatic carbocycles. The van der Waals surface area contributed by atoms with Gasteiger partial charge in [-0.25, -0.2) is 9.59 Å². The molecule has 8 nitrogen and oxygen atoms in total. The SMILES string of the molecule is COC(=O)COc1ccc(Br)cc1C=Nn1c(=O)[nH]c2ccccc2c1=O. The van der Waals surface area contributed by atoms with Crippen LogP contribution < -0.4 is 16.0 Å². The minimum Gasteiger partial charge on any atom is -0.481 e. The van der Waals surface area contributed by atoms with Crippen LogP contribution in [0.15, 0.2) is 61.6 Å². The van der Waals surface area contributed by atoms with Crippen LogP contribution in [0.1, 0.15) is 5.56 Å². The number of rotatable bonds is 5. The number of methoxy groups -OCH3 is 1. The molecule has 3 rings (SSSR count). The number of H-pyrrole nitrogens is 1. The number of nitrogens with zero attached hydrogens (tertiary/aromatic N) is 2. The lowest BCUT2D eigenvalue weighted by molar-refractivity contribution is -0.142. The standard InChI is InChI=1S/C18H14BrN3O5/c1-26-16(23)10-27-15-7-6-12(19)8-11(15)9-20-22-17(24)13-4-2-3-5-14(13)21-18(22)25/h2-9H,10H2,1H3,(H,21,25). The number of aromatic amines is 1. The fourth-order valence-electron chi connectivity index (χ4n) is 2.33. The average molecular weight is 432 g/mol. The Hall–Kier alpha value is -3.20. The highest BCUT2D eigenvalue weighted by atomic mass is 79.9. The van der Waals surface area contributed by atoms with Crippen LogP contribution >= 0.6 is 15.9 Å². The largest absolute Gasteiger partial charge is 0.481 e. The molecule has 0 aliphatic rings. The van der Waals surface area contributed by atoms with E-state index in [4.69, 9.17) is 4.74 Å². The molecule has 27 heavy (non-hydrogen) atoms. The third kappa shape index (κ3) is 4.14. The van der Waals surface area contributed by atoms with Crippen molar-refractivity contribution in [2.45, 2.75) is 0 Å². The Kier molecular flexibility index (Phi) is 5.51. The van der Waals surface area contributed by atoms with Crippen molar-refractivity contribution in [2.75, 3.05) is 13.7 Å². The second-order valence-electron chi connectivity index (χ2n) is 5.38. The van der Waals surface area contributed by atoms with E-state index in [1.165, 1.54) is 13.3 Å². The topological polar surface area (TPSA) is 103 Å². The highest BCUT2D eigenvalue weighted by molar-refractivity contribution is 9.10. The van der Waals surface area contributed by atoms with Gasteiger partial charge in [-0.1, -0.05) is 28.1 Å². The maximum atomic E-state index is 12.5. The van der Waals surface area contributed by atoms with Crippen LogP contribution in [0.4, 0.5) is 0 Å². The fraction of sp³-hybridized carbons (Fsp3) is 0.111. The van der Waals surface area contributed by atoms with Gasteiger partial charge in [0.05, 0.1) is 24.2 Å². The summed E-state index contributed by atoms with van der Waals surface area (Å²) in [6.45, 7) is -0.282. The molecule has 3 aromatic rings. The van der Waals surface area contributed by atoms with Crippen molar-refractivity contribution in [3.05, 3.63) is 73.3 Å². The molecule has 0 spiro atoms. The van der Waals surface area contributed by atoms with E-state index in [0.717, 1.165) is 9.15 Å². The molecular weight excluding hydrogens is 418 g/mol. The zero-order valence-electron chi connectivity index (χ0n) is 14.1. The Morgan fingerprint density at radius 2 is 2.04 bits per heavy atom. The molecule has 0 saturated carbocycles. The third-order valence-electron chi connectivity index (χ3n) is 3.64. The van der Waals surface area contributed by atoms with Crippen molar-refractivity contribution in [3.63, 3.8) is 0 Å². The Morgan fingerprint density at radius 1 is 1.26 bits per heavy atom. The number of benzene rings is 2. The number of hydrogen-bond acceptors (Lipinski definition) is 6. The molecule has 0 aliphatic carbocycles. The molecule has 0 aliphatic heterocycles. The van der Waals surface area contributed by atoms with Crippen LogP contribution in [0.2, 0.25) is 0 Å². The van der Waals surface area contributed by atoms with Crippen molar-refractivity contribution >= 4 is 39.0 Å². The summed E-state index contributed by atoms with van der Waals surface area (Å²) in [5.74, 6) is -0.194. The minimum atomic E-state index is -0.665. The van der Waals surface area contributed by atoms with E-state index in [1.807, 2.05) is 0 Å². The summed E-state index contributed by atoms with van der Waals surface area (Å²) in [5.41, 5.74) is -0.309. The van der Waals surface area contributed by atoms with Gasteiger partial charge in [-0.05, 0) is 30.3 Å². The fourth-order valence-corrected chi connectivity index (χ4v) is 2.70. The quantitative estimate of drug-likeness (QED) is 0.490. The van der Waals surface area contributed by atoms with E-state index in [0.29, 0.717) is 22.2 Å². The maximum absolute atomic E-state index is 12.5. The number of aromatic nitrogens is 2. The first-order valence-corrected chi connectivity index (χ1v) is 8.56. The number of nitrogens with one attached hydrogen (secondary N) is 1. The zero-order chi connectivity index (χ0) is 19.4. The van der Waals surface area contributed by atoms with E-state index in [1.54, 1.807) is 42.5 Å². The van der Waals surface area contributed by atoms with Gasteiger partial charge >= 0.3 is 11.7 Å². The zero-order valence-corrected chi connectivity index (χ0v) is 15.7. The van der Waals surface area contributed by atoms with Crippen LogP contribution in [0.3, 0.4) is 0 Å². The monoisotopic (exact) mass is 431 g/mol. The first-order valence-electron chi connectivity index (χ1n) is 7.77. The van der Waals surface area contributed by atoms with E-state index >= 15 is 0 Å². The van der Waals surface area contributed by atoms with Gasteiger partial charge in [-0.15, -0.1) is 4.68 Å². The number of para-hydroxylation sites is 1. The van der Waals surface area contributed by atoms with E-state index in [-0.39, 0.29) is 6.61 Å². The molecular formula is C18H14BrN3O5. The number of ether oxygens (including phenoxy) is 2. The molecule has 1 N–H and O–H groups in total. The molecule has 0 amide bonds. The first kappa shape index (κ1) is 18.6. The van der Waals surface area contributed by atoms with Crippen LogP contribution in [-0.4, -0.2) is 35.6 Å². The van der Waals surface area contributed by atoms with Gasteiger partial charge in [0.25, 0.3) is 5.56 Å². The minimum absolute atomic E-state index is 0.282. The van der Waals surface area contributed by atoms with Gasteiger partial charge in [0, 0.05) is 10.0 Å². The van der Waals surface area contributed by atoms with E-state index in [2.05, 4.69) is 30.8 Å². The molecule has 9 heteroatoms. The lowest BCUT2D eigenvalue weighted by Crippen LogP contribution is -2.32. The summed E-state index contributed by atoms with van der Waals surface area (Å²) in [4.78, 5) is 38.6. The number of fused-ring (bicyclic) bond motifs is 1. The summed E-state index contributed by atoms with van der Waals surface area (Å²) in [7, 11) is 1.26. The van der Waals surface area contributed by atoms with Crippen LogP contribution in [-0.2, 0) is 9.53 Å². The summed E-state index contributed by atoms with van der Waals surface area (Å²) >= 11 is 3.33. The molecule has 1 heterocycles. The van der Waals surface area contributed by atoms with E-state index in [9.17, 15) is 14.4 Å². The van der Waals surface area contributed by atoms with Crippen molar-refractivity contribution < 1.29 is 14.3 Å². The smallest absolute Gasteiger partial charge is 0.349 e. The molecule has 0 bridgehead atoms. The summed E-state index contributed by atoms with van der Waals surface area (Å²) in [6, 6.07) is 11.7. The number of carbonyl (C=O) groups excluding carboxylic acids is 1. The number of hydrogen-bond donors (Lipinski definition) is 1. The Labute approximate surface area is 161 Å². The van der Waals surface area contributed by atoms with Gasteiger partial charge in [-0.3, -0.25) is 4.79 Å². The van der Waals surface area contributed by atoms with Gasteiger partial charge in [0.1, 0.15) is 5.75 Å². The Morgan fingerprint density at radius 3 is 2.81 bits per heavy atom. The van der Waals surface area contributed by atoms with Gasteiger partial charge in [0.2, 0.25) is 0 Å². The second-order valence-corrected chi connectivity index (χ2v) is 6.30. The summed E-state index contributed by atoms with van der Waals surface area (Å²) in [6.07, 6.45) is 1.31. The lowest BCUT2D eigenvalue weighted by atomic mass is 10.2. The number of halogens is 1. The normalized spacial score (nSPS) is 11.0. The molecule has 0 atom stereocenters. The lowest BCUT2D eigenvalue weighted by Gasteiger charge is -2.08. The Balaban J connectivity index is 2.00. The maximum Gasteiger partial charge on any atom is 0.349 e. The highest BCUT2D eigenvalue weighted by Gasteiger charge is 2.09. The van der Waals surface area contributed by atoms with Crippen molar-refractivity contribution in [3.8, 4) is 5.75 Å². The predicted molar refractivity (Wildman–Crippen MR) is 103 cm³/mol. The molecule has 138 valence electrons. The van der Waals surface area contributed by atoms with Gasteiger partial charge in [0.15, 0.2) is 6.61 Å². The molecule has 1 aromatic heterocycles. The molecule has 0 unspecified atom stereocenters. The first-order chi connectivity index (χ1) is 13.0. The summed E-state index contributed by atoms with van der Waals surface area (Å²) in [5, 5.41) is 4.33. The highest BCUT2D eigenvalue weighted by Crippen LogP contribution is 2.22. The molecule has 0 saturated heterocycles. The predicted octanol–water partition coefficient (Wildman–Crippen LogP) is 1.89. The van der Waals surface area contributed by atoms with Crippen molar-refractivity contribution in [2.24, 2.45) is 5.10 Å².